The Bertz CT molecular complexity index is 136. The maximum atomic E-state index is 10.3. The van der Waals surface area contributed by atoms with Crippen molar-refractivity contribution in [1.29, 1.82) is 0 Å². The van der Waals surface area contributed by atoms with Gasteiger partial charge in [0, 0.05) is 0 Å². The lowest BCUT2D eigenvalue weighted by Crippen LogP contribution is -2.28. The first kappa shape index (κ1) is 5.87. The van der Waals surface area contributed by atoms with E-state index >= 15 is 0 Å². The molecule has 1 atom stereocenters. The smallest absolute Gasteiger partial charge is 0.317 e. The van der Waals surface area contributed by atoms with Gasteiger partial charge < -0.3 is 15.4 Å². The molecule has 0 aromatic rings. The molecule has 0 radical (unpaired) electrons. The number of urea groups is 1. The summed E-state index contributed by atoms with van der Waals surface area (Å²) in [6.45, 7) is 0.648. The fraction of sp³-hybridized carbons (Fsp3) is 0.500. The molecule has 0 spiro atoms. The second kappa shape index (κ2) is 2.34. The van der Waals surface area contributed by atoms with Crippen LogP contribution in [-0.2, 0) is 9.53 Å². The first-order valence-electron chi connectivity index (χ1n) is 2.46. The first-order chi connectivity index (χ1) is 4.33. The van der Waals surface area contributed by atoms with E-state index in [1.54, 1.807) is 0 Å². The summed E-state index contributed by atoms with van der Waals surface area (Å²) in [6.07, 6.45) is -0.491. The Kier molecular flexibility index (Phi) is 1.53. The molecule has 0 aliphatic carbocycles. The van der Waals surface area contributed by atoms with Gasteiger partial charge in [0.05, 0.1) is 6.54 Å². The van der Waals surface area contributed by atoms with Crippen LogP contribution in [0, 0.1) is 0 Å². The molecule has 0 aromatic heterocycles. The minimum atomic E-state index is -0.491. The van der Waals surface area contributed by atoms with Gasteiger partial charge in [0.15, 0.2) is 6.23 Å². The third-order valence-corrected chi connectivity index (χ3v) is 0.960. The lowest BCUT2D eigenvalue weighted by atomic mass is 10.6. The molecule has 1 heterocycles. The minimum Gasteiger partial charge on any atom is -0.442 e. The van der Waals surface area contributed by atoms with E-state index in [4.69, 9.17) is 0 Å². The zero-order chi connectivity index (χ0) is 6.69. The Morgan fingerprint density at radius 1 is 1.78 bits per heavy atom. The number of nitrogens with one attached hydrogen (secondary N) is 2. The van der Waals surface area contributed by atoms with Gasteiger partial charge in [-0.05, 0) is 0 Å². The molecule has 1 fully saturated rings. The topological polar surface area (TPSA) is 67.4 Å². The average Bonchev–Trinajstić information content (AvgIpc) is 2.17. The molecule has 1 aliphatic heterocycles. The van der Waals surface area contributed by atoms with E-state index < -0.39 is 6.23 Å². The number of carbonyl (C=O) groups is 2. The molecule has 1 saturated heterocycles. The van der Waals surface area contributed by atoms with E-state index in [9.17, 15) is 9.59 Å². The monoisotopic (exact) mass is 130 g/mol. The second-order valence-corrected chi connectivity index (χ2v) is 1.58. The zero-order valence-electron chi connectivity index (χ0n) is 4.59. The van der Waals surface area contributed by atoms with E-state index in [0.717, 1.165) is 0 Å². The van der Waals surface area contributed by atoms with Crippen molar-refractivity contribution < 1.29 is 14.3 Å². The summed E-state index contributed by atoms with van der Waals surface area (Å²) < 4.78 is 4.40. The molecule has 50 valence electrons. The summed E-state index contributed by atoms with van der Waals surface area (Å²) in [6, 6.07) is -0.304. The van der Waals surface area contributed by atoms with Crippen molar-refractivity contribution in [3.05, 3.63) is 0 Å². The molecule has 1 unspecified atom stereocenters. The highest BCUT2D eigenvalue weighted by atomic mass is 16.5. The molecule has 0 saturated carbocycles. The Balaban J connectivity index is 2.29. The molecule has 5 heteroatoms. The lowest BCUT2D eigenvalue weighted by molar-refractivity contribution is -0.133. The number of hydrogen-bond acceptors (Lipinski definition) is 3. The van der Waals surface area contributed by atoms with Gasteiger partial charge in [-0.25, -0.2) is 4.79 Å². The van der Waals surface area contributed by atoms with Crippen molar-refractivity contribution in [2.45, 2.75) is 6.23 Å². The summed E-state index contributed by atoms with van der Waals surface area (Å²) in [5, 5.41) is 4.77. The van der Waals surface area contributed by atoms with Gasteiger partial charge in [-0.15, -0.1) is 0 Å². The molecular weight excluding hydrogens is 124 g/mol. The molecule has 1 rings (SSSR count). The van der Waals surface area contributed by atoms with Crippen LogP contribution in [0.25, 0.3) is 0 Å². The van der Waals surface area contributed by atoms with Crippen molar-refractivity contribution in [2.75, 3.05) is 6.54 Å². The molecule has 9 heavy (non-hydrogen) atoms. The van der Waals surface area contributed by atoms with Crippen LogP contribution in [0.3, 0.4) is 0 Å². The highest BCUT2D eigenvalue weighted by molar-refractivity contribution is 5.76. The van der Waals surface area contributed by atoms with Gasteiger partial charge in [-0.3, -0.25) is 4.79 Å². The molecule has 0 bridgehead atoms. The van der Waals surface area contributed by atoms with Crippen LogP contribution >= 0.6 is 0 Å². The molecule has 0 aromatic carbocycles. The van der Waals surface area contributed by atoms with Gasteiger partial charge in [0.2, 0.25) is 0 Å². The average molecular weight is 130 g/mol. The van der Waals surface area contributed by atoms with E-state index in [2.05, 4.69) is 15.4 Å². The summed E-state index contributed by atoms with van der Waals surface area (Å²) >= 11 is 0. The van der Waals surface area contributed by atoms with Gasteiger partial charge in [-0.1, -0.05) is 0 Å². The first-order valence-corrected chi connectivity index (χ1v) is 2.46. The molecule has 5 nitrogen and oxygen atoms in total. The Labute approximate surface area is 51.4 Å². The van der Waals surface area contributed by atoms with Crippen LogP contribution in [0.15, 0.2) is 0 Å². The van der Waals surface area contributed by atoms with E-state index in [1.807, 2.05) is 0 Å². The summed E-state index contributed by atoms with van der Waals surface area (Å²) in [7, 11) is 0. The van der Waals surface area contributed by atoms with Crippen molar-refractivity contribution in [3.8, 4) is 0 Å². The van der Waals surface area contributed by atoms with Gasteiger partial charge in [-0.2, -0.15) is 0 Å². The third kappa shape index (κ3) is 1.31. The zero-order valence-corrected chi connectivity index (χ0v) is 4.59. The van der Waals surface area contributed by atoms with Crippen molar-refractivity contribution >= 4 is 12.5 Å². The van der Waals surface area contributed by atoms with Gasteiger partial charge in [0.1, 0.15) is 0 Å². The van der Waals surface area contributed by atoms with Crippen LogP contribution in [-0.4, -0.2) is 25.3 Å². The summed E-state index contributed by atoms with van der Waals surface area (Å²) in [4.78, 5) is 20.0. The molecule has 2 amide bonds. The maximum absolute atomic E-state index is 10.3. The Morgan fingerprint density at radius 2 is 2.56 bits per heavy atom. The molecule has 2 N–H and O–H groups in total. The van der Waals surface area contributed by atoms with Gasteiger partial charge in [0.25, 0.3) is 6.47 Å². The van der Waals surface area contributed by atoms with E-state index in [1.165, 1.54) is 0 Å². The summed E-state index contributed by atoms with van der Waals surface area (Å²) in [5.41, 5.74) is 0. The fourth-order valence-electron chi connectivity index (χ4n) is 0.583. The van der Waals surface area contributed by atoms with Gasteiger partial charge >= 0.3 is 6.03 Å². The number of hydrogen-bond donors (Lipinski definition) is 2. The predicted molar refractivity (Wildman–Crippen MR) is 27.5 cm³/mol. The Hall–Kier alpha value is -1.26. The number of ether oxygens (including phenoxy) is 1. The highest BCUT2D eigenvalue weighted by Crippen LogP contribution is 1.88. The van der Waals surface area contributed by atoms with Crippen molar-refractivity contribution in [2.24, 2.45) is 0 Å². The number of rotatable bonds is 2. The summed E-state index contributed by atoms with van der Waals surface area (Å²) in [5.74, 6) is 0. The second-order valence-electron chi connectivity index (χ2n) is 1.58. The minimum absolute atomic E-state index is 0.304. The van der Waals surface area contributed by atoms with Crippen LogP contribution in [0.2, 0.25) is 0 Å². The quantitative estimate of drug-likeness (QED) is 0.461. The molecular formula is C4H6N2O3. The van der Waals surface area contributed by atoms with E-state index in [-0.39, 0.29) is 6.03 Å². The van der Waals surface area contributed by atoms with Crippen molar-refractivity contribution in [1.82, 2.24) is 10.6 Å². The van der Waals surface area contributed by atoms with E-state index in [0.29, 0.717) is 13.0 Å². The fourth-order valence-corrected chi connectivity index (χ4v) is 0.583. The number of amides is 2. The maximum Gasteiger partial charge on any atom is 0.317 e. The SMILES string of the molecule is O=COC1CNC(=O)N1. The van der Waals surface area contributed by atoms with Crippen LogP contribution in [0.1, 0.15) is 0 Å². The normalized spacial score (nSPS) is 24.4. The number of carbonyl (C=O) groups excluding carboxylic acids is 2. The predicted octanol–water partition coefficient (Wildman–Crippen LogP) is -1.20. The molecule has 1 aliphatic rings. The standard InChI is InChI=1S/C4H6N2O3/c7-2-9-3-1-5-4(8)6-3/h2-3H,1H2,(H2,5,6,8). The van der Waals surface area contributed by atoms with Crippen molar-refractivity contribution in [3.63, 3.8) is 0 Å². The Morgan fingerprint density at radius 3 is 3.00 bits per heavy atom. The highest BCUT2D eigenvalue weighted by Gasteiger charge is 2.19. The van der Waals surface area contributed by atoms with Crippen LogP contribution < -0.4 is 10.6 Å². The largest absolute Gasteiger partial charge is 0.442 e. The van der Waals surface area contributed by atoms with Crippen LogP contribution in [0.5, 0.6) is 0 Å². The third-order valence-electron chi connectivity index (χ3n) is 0.960. The van der Waals surface area contributed by atoms with Crippen LogP contribution in [0.4, 0.5) is 4.79 Å². The lowest BCUT2D eigenvalue weighted by Gasteiger charge is -2.02.